The van der Waals surface area contributed by atoms with Crippen molar-refractivity contribution in [3.8, 4) is 0 Å². The van der Waals surface area contributed by atoms with Gasteiger partial charge in [0.05, 0.1) is 12.7 Å². The molecule has 0 spiro atoms. The molecule has 0 saturated carbocycles. The molecule has 2 saturated heterocycles. The van der Waals surface area contributed by atoms with Crippen LogP contribution >= 0.6 is 0 Å². The van der Waals surface area contributed by atoms with Gasteiger partial charge < -0.3 is 25.2 Å². The van der Waals surface area contributed by atoms with Crippen LogP contribution in [0.3, 0.4) is 0 Å². The fourth-order valence-electron chi connectivity index (χ4n) is 5.29. The first-order valence-electron chi connectivity index (χ1n) is 14.3. The maximum atomic E-state index is 11.9. The van der Waals surface area contributed by atoms with Crippen molar-refractivity contribution in [1.82, 2.24) is 25.3 Å². The number of piperidine rings is 1. The van der Waals surface area contributed by atoms with E-state index in [1.165, 1.54) is 38.8 Å². The minimum Gasteiger partial charge on any atom is -0.390 e. The van der Waals surface area contributed by atoms with Crippen LogP contribution in [-0.4, -0.2) is 112 Å². The quantitative estimate of drug-likeness (QED) is 0.399. The Kier molecular flexibility index (Phi) is 13.2. The summed E-state index contributed by atoms with van der Waals surface area (Å²) in [6.45, 7) is 15.8. The van der Waals surface area contributed by atoms with Crippen LogP contribution in [-0.2, 0) is 9.53 Å². The Labute approximate surface area is 220 Å². The number of hydrogen-bond acceptors (Lipinski definition) is 7. The number of rotatable bonds is 12. The predicted octanol–water partition coefficient (Wildman–Crippen LogP) is 2.67. The van der Waals surface area contributed by atoms with Gasteiger partial charge >= 0.3 is 0 Å². The second-order valence-electron chi connectivity index (χ2n) is 10.9. The molecule has 3 aliphatic heterocycles. The molecule has 0 bridgehead atoms. The number of carbonyl (C=O) groups excluding carboxylic acids is 1. The third-order valence-corrected chi connectivity index (χ3v) is 8.00. The van der Waals surface area contributed by atoms with E-state index in [0.717, 1.165) is 88.7 Å². The van der Waals surface area contributed by atoms with Gasteiger partial charge in [-0.05, 0) is 82.6 Å². The third-order valence-electron chi connectivity index (χ3n) is 8.00. The van der Waals surface area contributed by atoms with Gasteiger partial charge in [0.2, 0.25) is 0 Å². The van der Waals surface area contributed by atoms with Gasteiger partial charge in [0.25, 0.3) is 0 Å². The second kappa shape index (κ2) is 16.4. The summed E-state index contributed by atoms with van der Waals surface area (Å²) in [6, 6.07) is 0.506. The highest BCUT2D eigenvalue weighted by Gasteiger charge is 2.22. The number of ether oxygens (including phenoxy) is 1. The van der Waals surface area contributed by atoms with Crippen molar-refractivity contribution in [3.63, 3.8) is 0 Å². The number of carbonyl (C=O) groups is 1. The van der Waals surface area contributed by atoms with E-state index < -0.39 is 0 Å². The lowest BCUT2D eigenvalue weighted by Gasteiger charge is -2.35. The zero-order chi connectivity index (χ0) is 25.6. The van der Waals surface area contributed by atoms with Crippen LogP contribution in [0.15, 0.2) is 35.6 Å². The van der Waals surface area contributed by atoms with E-state index in [0.29, 0.717) is 12.1 Å². The van der Waals surface area contributed by atoms with Crippen LogP contribution in [0.5, 0.6) is 0 Å². The highest BCUT2D eigenvalue weighted by Crippen LogP contribution is 2.20. The standard InChI is InChI=1S/C29H51N5O2/c1-4-7-25(2)32(3)23-27-9-6-14-34(17-13-30-12-5-8-28(27)24-35)22-26-10-15-33(16-11-26)18-19-36-29-20-31-21-29/h5,8-9,12,24-26,29-31H,4,6-7,10-11,13-23H2,1-3H3/b12-5+,27-9-,28-8-. The van der Waals surface area contributed by atoms with Crippen LogP contribution in [0.2, 0.25) is 0 Å². The first-order chi connectivity index (χ1) is 17.6. The number of likely N-dealkylation sites (N-methyl/N-ethyl adjacent to an activating group) is 1. The summed E-state index contributed by atoms with van der Waals surface area (Å²) in [4.78, 5) is 19.5. The molecule has 1 atom stereocenters. The Morgan fingerprint density at radius 3 is 2.69 bits per heavy atom. The van der Waals surface area contributed by atoms with E-state index >= 15 is 0 Å². The summed E-state index contributed by atoms with van der Waals surface area (Å²) < 4.78 is 5.91. The maximum absolute atomic E-state index is 11.9. The molecule has 2 fully saturated rings. The lowest BCUT2D eigenvalue weighted by atomic mass is 9.96. The van der Waals surface area contributed by atoms with E-state index in [1.807, 2.05) is 18.4 Å². The van der Waals surface area contributed by atoms with Crippen molar-refractivity contribution in [2.45, 2.75) is 58.1 Å². The van der Waals surface area contributed by atoms with Crippen LogP contribution < -0.4 is 10.6 Å². The van der Waals surface area contributed by atoms with Crippen LogP contribution in [0.4, 0.5) is 0 Å². The molecular weight excluding hydrogens is 450 g/mol. The Hall–Kier alpha value is -1.51. The summed E-state index contributed by atoms with van der Waals surface area (Å²) in [7, 11) is 2.17. The molecule has 0 aromatic carbocycles. The van der Waals surface area contributed by atoms with E-state index in [9.17, 15) is 4.79 Å². The van der Waals surface area contributed by atoms with Gasteiger partial charge in [-0.1, -0.05) is 19.4 Å². The summed E-state index contributed by atoms with van der Waals surface area (Å²) in [5.41, 5.74) is 1.94. The largest absolute Gasteiger partial charge is 0.390 e. The second-order valence-corrected chi connectivity index (χ2v) is 10.9. The smallest absolute Gasteiger partial charge is 0.150 e. The molecule has 0 aliphatic carbocycles. The molecule has 0 aromatic heterocycles. The summed E-state index contributed by atoms with van der Waals surface area (Å²) in [6.07, 6.45) is 15.5. The number of nitrogens with one attached hydrogen (secondary N) is 2. The Bertz CT molecular complexity index is 725. The molecule has 0 aromatic rings. The monoisotopic (exact) mass is 501 g/mol. The lowest BCUT2D eigenvalue weighted by Crippen LogP contribution is -2.49. The highest BCUT2D eigenvalue weighted by molar-refractivity contribution is 5.81. The third kappa shape index (κ3) is 10.1. The number of nitrogens with zero attached hydrogens (tertiary/aromatic N) is 3. The molecule has 1 unspecified atom stereocenters. The van der Waals surface area contributed by atoms with Crippen LogP contribution in [0.1, 0.15) is 46.0 Å². The van der Waals surface area contributed by atoms with Gasteiger partial charge in [-0.3, -0.25) is 9.69 Å². The first kappa shape index (κ1) is 29.1. The Balaban J connectivity index is 1.50. The van der Waals surface area contributed by atoms with E-state index in [1.54, 1.807) is 0 Å². The molecule has 3 rings (SSSR count). The highest BCUT2D eigenvalue weighted by atomic mass is 16.5. The van der Waals surface area contributed by atoms with Crippen molar-refractivity contribution in [2.75, 3.05) is 79.1 Å². The number of likely N-dealkylation sites (tertiary alicyclic amines) is 1. The van der Waals surface area contributed by atoms with Gasteiger partial charge in [-0.25, -0.2) is 0 Å². The summed E-state index contributed by atoms with van der Waals surface area (Å²) in [5.74, 6) is 0.761. The number of allylic oxidation sites excluding steroid dienone is 2. The average molecular weight is 502 g/mol. The fourth-order valence-corrected chi connectivity index (χ4v) is 5.29. The maximum Gasteiger partial charge on any atom is 0.150 e. The van der Waals surface area contributed by atoms with Gasteiger partial charge in [0, 0.05) is 64.0 Å². The molecule has 204 valence electrons. The minimum atomic E-state index is 0.438. The fraction of sp³-hybridized carbons (Fsp3) is 0.759. The van der Waals surface area contributed by atoms with Crippen molar-refractivity contribution in [3.05, 3.63) is 35.6 Å². The number of aldehydes is 1. The van der Waals surface area contributed by atoms with Crippen molar-refractivity contribution < 1.29 is 9.53 Å². The lowest BCUT2D eigenvalue weighted by molar-refractivity contribution is -0.104. The first-order valence-corrected chi connectivity index (χ1v) is 14.3. The van der Waals surface area contributed by atoms with E-state index in [2.05, 4.69) is 52.3 Å². The van der Waals surface area contributed by atoms with Crippen molar-refractivity contribution >= 4 is 6.29 Å². The molecule has 7 nitrogen and oxygen atoms in total. The molecule has 0 amide bonds. The van der Waals surface area contributed by atoms with Gasteiger partial charge in [-0.2, -0.15) is 0 Å². The van der Waals surface area contributed by atoms with Gasteiger partial charge in [-0.15, -0.1) is 0 Å². The topological polar surface area (TPSA) is 60.1 Å². The molecule has 3 aliphatic rings. The molecule has 0 radical (unpaired) electrons. The minimum absolute atomic E-state index is 0.438. The predicted molar refractivity (Wildman–Crippen MR) is 149 cm³/mol. The van der Waals surface area contributed by atoms with Crippen LogP contribution in [0.25, 0.3) is 0 Å². The molecule has 3 heterocycles. The molecule has 2 N–H and O–H groups in total. The molecule has 36 heavy (non-hydrogen) atoms. The van der Waals surface area contributed by atoms with Crippen LogP contribution in [0, 0.1) is 5.92 Å². The Morgan fingerprint density at radius 2 is 2.00 bits per heavy atom. The van der Waals surface area contributed by atoms with Crippen molar-refractivity contribution in [1.29, 1.82) is 0 Å². The average Bonchev–Trinajstić information content (AvgIpc) is 2.84. The molecule has 7 heteroatoms. The van der Waals surface area contributed by atoms with E-state index in [-0.39, 0.29) is 0 Å². The number of hydrogen-bond donors (Lipinski definition) is 2. The zero-order valence-corrected chi connectivity index (χ0v) is 23.1. The normalized spacial score (nSPS) is 26.4. The summed E-state index contributed by atoms with van der Waals surface area (Å²) >= 11 is 0. The SMILES string of the molecule is CCCC(C)N(C)CC1=C/CCN(CC2CCN(CCOC3CNC3)CC2)CCN/C=C/C=C\1C=O. The van der Waals surface area contributed by atoms with Gasteiger partial charge in [0.15, 0.2) is 0 Å². The zero-order valence-electron chi connectivity index (χ0n) is 23.1. The molecular formula is C29H51N5O2. The summed E-state index contributed by atoms with van der Waals surface area (Å²) in [5, 5.41) is 6.68. The van der Waals surface area contributed by atoms with Gasteiger partial charge in [0.1, 0.15) is 6.29 Å². The van der Waals surface area contributed by atoms with Crippen molar-refractivity contribution in [2.24, 2.45) is 5.92 Å². The van der Waals surface area contributed by atoms with E-state index in [4.69, 9.17) is 4.74 Å². The Morgan fingerprint density at radius 1 is 1.19 bits per heavy atom.